The van der Waals surface area contributed by atoms with Crippen LogP contribution in [0.15, 0.2) is 114 Å². The first-order valence-corrected chi connectivity index (χ1v) is 19.4. The number of hydrogen-bond donors (Lipinski definition) is 0. The fourth-order valence-electron chi connectivity index (χ4n) is 9.69. The maximum Gasteiger partial charge on any atom is 0.137 e. The van der Waals surface area contributed by atoms with E-state index in [2.05, 4.69) is 182 Å². The number of amidine groups is 1. The predicted octanol–water partition coefficient (Wildman–Crippen LogP) is 12.2. The quantitative estimate of drug-likeness (QED) is 0.183. The Balaban J connectivity index is 1.27. The molecule has 4 nitrogen and oxygen atoms in total. The number of pyridine rings is 1. The lowest BCUT2D eigenvalue weighted by molar-refractivity contribution is 0.321. The summed E-state index contributed by atoms with van der Waals surface area (Å²) in [4.78, 5) is 13.3. The van der Waals surface area contributed by atoms with Crippen LogP contribution in [0.5, 0.6) is 0 Å². The third-order valence-electron chi connectivity index (χ3n) is 12.7. The lowest BCUT2D eigenvalue weighted by Crippen LogP contribution is -2.52. The maximum absolute atomic E-state index is 5.83. The van der Waals surface area contributed by atoms with Crippen molar-refractivity contribution in [2.24, 2.45) is 4.99 Å². The van der Waals surface area contributed by atoms with E-state index in [0.29, 0.717) is 0 Å². The van der Waals surface area contributed by atoms with Crippen LogP contribution in [-0.2, 0) is 17.4 Å². The maximum atomic E-state index is 5.83. The molecule has 54 heavy (non-hydrogen) atoms. The molecule has 0 N–H and O–H groups in total. The molecule has 270 valence electrons. The Bertz CT molecular complexity index is 2700. The molecule has 2 aliphatic rings. The fraction of sp³-hybridized carbons (Fsp3) is 0.280. The molecule has 4 heteroatoms. The molecule has 0 amide bonds. The highest BCUT2D eigenvalue weighted by Crippen LogP contribution is 2.57. The minimum atomic E-state index is -0.365. The molecule has 5 aromatic carbocycles. The Morgan fingerprint density at radius 3 is 2.13 bits per heavy atom. The van der Waals surface area contributed by atoms with Crippen LogP contribution in [0.2, 0.25) is 0 Å². The zero-order chi connectivity index (χ0) is 37.9. The van der Waals surface area contributed by atoms with Crippen LogP contribution in [0.3, 0.4) is 0 Å². The van der Waals surface area contributed by atoms with Gasteiger partial charge in [0.05, 0.1) is 27.8 Å². The summed E-state index contributed by atoms with van der Waals surface area (Å²) in [6, 6.07) is 38.5. The van der Waals surface area contributed by atoms with Gasteiger partial charge in [0.2, 0.25) is 0 Å². The minimum Gasteiger partial charge on any atom is -0.313 e. The number of para-hydroxylation sites is 1. The largest absolute Gasteiger partial charge is 0.313 e. The van der Waals surface area contributed by atoms with Crippen LogP contribution in [0.25, 0.3) is 38.8 Å². The smallest absolute Gasteiger partial charge is 0.137 e. The Labute approximate surface area is 320 Å². The molecule has 1 aliphatic carbocycles. The van der Waals surface area contributed by atoms with Gasteiger partial charge in [0.15, 0.2) is 0 Å². The average Bonchev–Trinajstić information content (AvgIpc) is 3.66. The molecule has 0 radical (unpaired) electrons. The first-order valence-electron chi connectivity index (χ1n) is 19.4. The van der Waals surface area contributed by atoms with E-state index in [-0.39, 0.29) is 16.5 Å². The Hall–Kier alpha value is -5.48. The standard InChI is InChI=1S/C50H50N4/c1-30-24-33(4)46(34(5)25-30)54-47(52-49(9)29-40-31(2)14-13-16-41(40)50(49,54)10)36-19-18-32(3)44(27-36)53-43-17-12-11-15-38(43)39-21-20-35(26-45(39)53)42-28-37(22-23-51-42)48(6,7)8/h11-28H,29H2,1-10H3/t49-,50+/m1/s1. The average molecular weight is 707 g/mol. The van der Waals surface area contributed by atoms with Crippen LogP contribution in [-0.4, -0.2) is 20.9 Å². The third kappa shape index (κ3) is 4.88. The van der Waals surface area contributed by atoms with Crippen LogP contribution in [0.4, 0.5) is 5.69 Å². The number of anilines is 1. The van der Waals surface area contributed by atoms with Crippen molar-refractivity contribution in [1.29, 1.82) is 0 Å². The zero-order valence-electron chi connectivity index (χ0n) is 33.4. The van der Waals surface area contributed by atoms with Crippen LogP contribution in [0, 0.1) is 34.6 Å². The number of hydrogen-bond acceptors (Lipinski definition) is 3. The summed E-state index contributed by atoms with van der Waals surface area (Å²) in [6.07, 6.45) is 2.86. The molecule has 9 rings (SSSR count). The van der Waals surface area contributed by atoms with E-state index in [4.69, 9.17) is 9.98 Å². The molecule has 2 aromatic heterocycles. The van der Waals surface area contributed by atoms with E-state index in [1.54, 1.807) is 0 Å². The first-order chi connectivity index (χ1) is 25.7. The summed E-state index contributed by atoms with van der Waals surface area (Å²) in [5.41, 5.74) is 17.8. The molecule has 0 fully saturated rings. The van der Waals surface area contributed by atoms with Gasteiger partial charge in [-0.2, -0.15) is 0 Å². The van der Waals surface area contributed by atoms with Gasteiger partial charge in [0.1, 0.15) is 5.84 Å². The summed E-state index contributed by atoms with van der Waals surface area (Å²) < 4.78 is 2.46. The van der Waals surface area contributed by atoms with Crippen molar-refractivity contribution in [3.8, 4) is 16.9 Å². The van der Waals surface area contributed by atoms with Gasteiger partial charge in [0.25, 0.3) is 0 Å². The Morgan fingerprint density at radius 1 is 0.648 bits per heavy atom. The highest BCUT2D eigenvalue weighted by atomic mass is 15.4. The second kappa shape index (κ2) is 11.8. The van der Waals surface area contributed by atoms with Crippen molar-refractivity contribution in [2.75, 3.05) is 4.90 Å². The number of aliphatic imine (C=N–C) groups is 1. The van der Waals surface area contributed by atoms with Gasteiger partial charge in [-0.05, 0) is 123 Å². The number of nitrogens with zero attached hydrogens (tertiary/aromatic N) is 4. The van der Waals surface area contributed by atoms with Crippen molar-refractivity contribution >= 4 is 33.3 Å². The highest BCUT2D eigenvalue weighted by Gasteiger charge is 2.61. The third-order valence-corrected chi connectivity index (χ3v) is 12.7. The highest BCUT2D eigenvalue weighted by molar-refractivity contribution is 6.15. The minimum absolute atomic E-state index is 0.0360. The van der Waals surface area contributed by atoms with Gasteiger partial charge in [-0.3, -0.25) is 9.98 Å². The SMILES string of the molecule is Cc1cc(C)c(N2C(c3ccc(C)c(-n4c5ccccc5c5ccc(-c6cc(C(C)(C)C)ccn6)cc54)c3)=N[C@]3(C)Cc4c(C)cccc4[C@]23C)c(C)c1. The summed E-state index contributed by atoms with van der Waals surface area (Å²) >= 11 is 0. The van der Waals surface area contributed by atoms with Gasteiger partial charge in [-0.15, -0.1) is 0 Å². The van der Waals surface area contributed by atoms with E-state index < -0.39 is 0 Å². The molecule has 0 unspecified atom stereocenters. The summed E-state index contributed by atoms with van der Waals surface area (Å²) in [6.45, 7) is 22.8. The lowest BCUT2D eigenvalue weighted by atomic mass is 9.79. The predicted molar refractivity (Wildman–Crippen MR) is 228 cm³/mol. The number of benzene rings is 5. The molecule has 0 spiro atoms. The Kier molecular flexibility index (Phi) is 7.47. The molecule has 3 heterocycles. The van der Waals surface area contributed by atoms with Gasteiger partial charge < -0.3 is 9.47 Å². The normalized spacial score (nSPS) is 19.4. The molecule has 1 aliphatic heterocycles. The molecular weight excluding hydrogens is 657 g/mol. The number of fused-ring (bicyclic) bond motifs is 6. The zero-order valence-corrected chi connectivity index (χ0v) is 33.4. The van der Waals surface area contributed by atoms with E-state index in [1.165, 1.54) is 72.0 Å². The number of rotatable bonds is 4. The van der Waals surface area contributed by atoms with Crippen molar-refractivity contribution in [3.63, 3.8) is 0 Å². The monoisotopic (exact) mass is 706 g/mol. The van der Waals surface area contributed by atoms with Crippen molar-refractivity contribution in [1.82, 2.24) is 9.55 Å². The summed E-state index contributed by atoms with van der Waals surface area (Å²) in [5, 5.41) is 2.48. The summed E-state index contributed by atoms with van der Waals surface area (Å²) in [7, 11) is 0. The van der Waals surface area contributed by atoms with Gasteiger partial charge in [0, 0.05) is 45.9 Å². The molecule has 2 atom stereocenters. The lowest BCUT2D eigenvalue weighted by Gasteiger charge is -2.43. The van der Waals surface area contributed by atoms with Crippen molar-refractivity contribution in [2.45, 2.75) is 92.2 Å². The first kappa shape index (κ1) is 34.3. The molecule has 0 saturated heterocycles. The molecule has 0 bridgehead atoms. The van der Waals surface area contributed by atoms with Crippen molar-refractivity contribution in [3.05, 3.63) is 159 Å². The number of aryl methyl sites for hydroxylation is 5. The fourth-order valence-corrected chi connectivity index (χ4v) is 9.69. The van der Waals surface area contributed by atoms with E-state index in [9.17, 15) is 0 Å². The topological polar surface area (TPSA) is 33.4 Å². The van der Waals surface area contributed by atoms with Crippen LogP contribution >= 0.6 is 0 Å². The van der Waals surface area contributed by atoms with Crippen LogP contribution < -0.4 is 4.90 Å². The van der Waals surface area contributed by atoms with Crippen molar-refractivity contribution < 1.29 is 0 Å². The second-order valence-electron chi connectivity index (χ2n) is 17.4. The Morgan fingerprint density at radius 2 is 1.37 bits per heavy atom. The number of aromatic nitrogens is 2. The van der Waals surface area contributed by atoms with E-state index in [1.807, 2.05) is 6.20 Å². The van der Waals surface area contributed by atoms with Gasteiger partial charge in [-0.1, -0.05) is 99.1 Å². The molecular formula is C50H50N4. The summed E-state index contributed by atoms with van der Waals surface area (Å²) in [5.74, 6) is 1.04. The van der Waals surface area contributed by atoms with E-state index >= 15 is 0 Å². The van der Waals surface area contributed by atoms with E-state index in [0.717, 1.165) is 34.8 Å². The molecule has 7 aromatic rings. The van der Waals surface area contributed by atoms with Crippen LogP contribution in [0.1, 0.15) is 84.7 Å². The van der Waals surface area contributed by atoms with Gasteiger partial charge >= 0.3 is 0 Å². The van der Waals surface area contributed by atoms with Gasteiger partial charge in [-0.25, -0.2) is 0 Å². The second-order valence-corrected chi connectivity index (χ2v) is 17.4. The molecule has 0 saturated carbocycles.